The van der Waals surface area contributed by atoms with E-state index in [1.807, 2.05) is 18.2 Å². The molecule has 0 saturated carbocycles. The molecule has 0 spiro atoms. The predicted octanol–water partition coefficient (Wildman–Crippen LogP) is 4.76. The number of anilines is 1. The van der Waals surface area contributed by atoms with Crippen LogP contribution in [-0.2, 0) is 6.54 Å². The van der Waals surface area contributed by atoms with Crippen LogP contribution in [0.15, 0.2) is 54.6 Å². The second kappa shape index (κ2) is 5.79. The SMILES string of the molecule is Cc1ccc(NCc2ccc3ccccc3n2)cc1I. The third-order valence-corrected chi connectivity index (χ3v) is 4.46. The molecule has 0 fully saturated rings. The maximum atomic E-state index is 4.67. The number of rotatable bonds is 3. The minimum absolute atomic E-state index is 0.740. The zero-order chi connectivity index (χ0) is 13.9. The summed E-state index contributed by atoms with van der Waals surface area (Å²) in [7, 11) is 0. The molecule has 0 saturated heterocycles. The van der Waals surface area contributed by atoms with Gasteiger partial charge in [-0.25, -0.2) is 0 Å². The van der Waals surface area contributed by atoms with Gasteiger partial charge in [-0.2, -0.15) is 0 Å². The van der Waals surface area contributed by atoms with Gasteiger partial charge in [-0.3, -0.25) is 4.98 Å². The van der Waals surface area contributed by atoms with Gasteiger partial charge in [-0.05, 0) is 59.3 Å². The van der Waals surface area contributed by atoms with E-state index in [0.29, 0.717) is 0 Å². The normalized spacial score (nSPS) is 10.7. The lowest BCUT2D eigenvalue weighted by Gasteiger charge is -2.08. The summed E-state index contributed by atoms with van der Waals surface area (Å²) in [4.78, 5) is 4.67. The van der Waals surface area contributed by atoms with Gasteiger partial charge in [-0.15, -0.1) is 0 Å². The van der Waals surface area contributed by atoms with Crippen molar-refractivity contribution in [2.75, 3.05) is 5.32 Å². The summed E-state index contributed by atoms with van der Waals surface area (Å²) < 4.78 is 1.28. The zero-order valence-corrected chi connectivity index (χ0v) is 13.4. The van der Waals surface area contributed by atoms with Crippen LogP contribution in [0.2, 0.25) is 0 Å². The van der Waals surface area contributed by atoms with Gasteiger partial charge in [0.05, 0.1) is 17.8 Å². The molecule has 0 aliphatic rings. The lowest BCUT2D eigenvalue weighted by Crippen LogP contribution is -2.02. The Balaban J connectivity index is 1.77. The van der Waals surface area contributed by atoms with E-state index in [-0.39, 0.29) is 0 Å². The largest absolute Gasteiger partial charge is 0.379 e. The highest BCUT2D eigenvalue weighted by atomic mass is 127. The second-order valence-electron chi connectivity index (χ2n) is 4.81. The molecule has 0 bridgehead atoms. The summed E-state index contributed by atoms with van der Waals surface area (Å²) in [5.74, 6) is 0. The molecule has 0 aliphatic heterocycles. The Kier molecular flexibility index (Phi) is 3.87. The number of halogens is 1. The molecule has 1 N–H and O–H groups in total. The average molecular weight is 374 g/mol. The number of aryl methyl sites for hydroxylation is 1. The average Bonchev–Trinajstić information content (AvgIpc) is 2.48. The van der Waals surface area contributed by atoms with Crippen LogP contribution in [0.1, 0.15) is 11.3 Å². The molecule has 20 heavy (non-hydrogen) atoms. The molecule has 1 heterocycles. The molecule has 3 heteroatoms. The molecule has 0 radical (unpaired) electrons. The Morgan fingerprint density at radius 3 is 2.75 bits per heavy atom. The highest BCUT2D eigenvalue weighted by Gasteiger charge is 2.00. The molecule has 0 aliphatic carbocycles. The molecule has 0 atom stereocenters. The summed E-state index contributed by atoms with van der Waals surface area (Å²) in [6, 6.07) is 18.8. The third kappa shape index (κ3) is 2.93. The van der Waals surface area contributed by atoms with Crippen molar-refractivity contribution in [1.29, 1.82) is 0 Å². The molecule has 1 aromatic heterocycles. The van der Waals surface area contributed by atoms with E-state index in [9.17, 15) is 0 Å². The number of hydrogen-bond donors (Lipinski definition) is 1. The molecular weight excluding hydrogens is 359 g/mol. The van der Waals surface area contributed by atoms with E-state index >= 15 is 0 Å². The first kappa shape index (κ1) is 13.4. The van der Waals surface area contributed by atoms with E-state index in [4.69, 9.17) is 0 Å². The molecular formula is C17H15IN2. The van der Waals surface area contributed by atoms with Crippen LogP contribution < -0.4 is 5.32 Å². The van der Waals surface area contributed by atoms with Gasteiger partial charge in [0.1, 0.15) is 0 Å². The number of aromatic nitrogens is 1. The van der Waals surface area contributed by atoms with Crippen molar-refractivity contribution in [3.8, 4) is 0 Å². The van der Waals surface area contributed by atoms with Gasteiger partial charge in [-0.1, -0.05) is 30.3 Å². The molecule has 0 amide bonds. The topological polar surface area (TPSA) is 24.9 Å². The first-order chi connectivity index (χ1) is 9.72. The van der Waals surface area contributed by atoms with Crippen molar-refractivity contribution >= 4 is 39.2 Å². The first-order valence-electron chi connectivity index (χ1n) is 6.57. The Morgan fingerprint density at radius 1 is 1.05 bits per heavy atom. The summed E-state index contributed by atoms with van der Waals surface area (Å²) >= 11 is 2.36. The van der Waals surface area contributed by atoms with Gasteiger partial charge >= 0.3 is 0 Å². The monoisotopic (exact) mass is 374 g/mol. The second-order valence-corrected chi connectivity index (χ2v) is 5.97. The van der Waals surface area contributed by atoms with Gasteiger partial charge in [0.2, 0.25) is 0 Å². The van der Waals surface area contributed by atoms with Crippen LogP contribution in [0.5, 0.6) is 0 Å². The number of benzene rings is 2. The van der Waals surface area contributed by atoms with E-state index in [0.717, 1.165) is 23.4 Å². The number of hydrogen-bond acceptors (Lipinski definition) is 2. The number of nitrogens with one attached hydrogen (secondary N) is 1. The Hall–Kier alpha value is -1.62. The lowest BCUT2D eigenvalue weighted by molar-refractivity contribution is 1.07. The van der Waals surface area contributed by atoms with Crippen LogP contribution in [0.3, 0.4) is 0 Å². The van der Waals surface area contributed by atoms with Crippen molar-refractivity contribution in [2.45, 2.75) is 13.5 Å². The summed E-state index contributed by atoms with van der Waals surface area (Å²) in [5, 5.41) is 4.61. The quantitative estimate of drug-likeness (QED) is 0.669. The van der Waals surface area contributed by atoms with Crippen LogP contribution in [-0.4, -0.2) is 4.98 Å². The Morgan fingerprint density at radius 2 is 1.90 bits per heavy atom. The van der Waals surface area contributed by atoms with E-state index in [1.54, 1.807) is 0 Å². The van der Waals surface area contributed by atoms with Crippen LogP contribution in [0, 0.1) is 10.5 Å². The van der Waals surface area contributed by atoms with Gasteiger partial charge < -0.3 is 5.32 Å². The van der Waals surface area contributed by atoms with Crippen molar-refractivity contribution in [3.63, 3.8) is 0 Å². The highest BCUT2D eigenvalue weighted by Crippen LogP contribution is 2.18. The third-order valence-electron chi connectivity index (χ3n) is 3.30. The standard InChI is InChI=1S/C17H15IN2/c1-12-6-8-14(10-16(12)18)19-11-15-9-7-13-4-2-3-5-17(13)20-15/h2-10,19H,11H2,1H3. The molecule has 2 nitrogen and oxygen atoms in total. The predicted molar refractivity (Wildman–Crippen MR) is 93.0 cm³/mol. The number of fused-ring (bicyclic) bond motifs is 1. The number of pyridine rings is 1. The van der Waals surface area contributed by atoms with Gasteiger partial charge in [0.15, 0.2) is 0 Å². The minimum atomic E-state index is 0.740. The minimum Gasteiger partial charge on any atom is -0.379 e. The fraction of sp³-hybridized carbons (Fsp3) is 0.118. The maximum absolute atomic E-state index is 4.67. The number of nitrogens with zero attached hydrogens (tertiary/aromatic N) is 1. The molecule has 3 rings (SSSR count). The van der Waals surface area contributed by atoms with Crippen LogP contribution in [0.4, 0.5) is 5.69 Å². The first-order valence-corrected chi connectivity index (χ1v) is 7.65. The van der Waals surface area contributed by atoms with Crippen LogP contribution >= 0.6 is 22.6 Å². The number of para-hydroxylation sites is 1. The molecule has 2 aromatic carbocycles. The lowest BCUT2D eigenvalue weighted by atomic mass is 10.2. The smallest absolute Gasteiger partial charge is 0.0706 e. The zero-order valence-electron chi connectivity index (χ0n) is 11.2. The van der Waals surface area contributed by atoms with Gasteiger partial charge in [0.25, 0.3) is 0 Å². The van der Waals surface area contributed by atoms with Crippen LogP contribution in [0.25, 0.3) is 10.9 Å². The van der Waals surface area contributed by atoms with E-state index in [1.165, 1.54) is 14.5 Å². The van der Waals surface area contributed by atoms with Crippen molar-refractivity contribution in [1.82, 2.24) is 4.98 Å². The summed E-state index contributed by atoms with van der Waals surface area (Å²) in [5.41, 5.74) is 4.54. The van der Waals surface area contributed by atoms with Gasteiger partial charge in [0, 0.05) is 14.6 Å². The Bertz CT molecular complexity index is 753. The van der Waals surface area contributed by atoms with Crippen molar-refractivity contribution in [3.05, 3.63) is 69.4 Å². The molecule has 100 valence electrons. The fourth-order valence-electron chi connectivity index (χ4n) is 2.10. The summed E-state index contributed by atoms with van der Waals surface area (Å²) in [6.45, 7) is 2.86. The Labute approximate surface area is 132 Å². The fourth-order valence-corrected chi connectivity index (χ4v) is 2.62. The highest BCUT2D eigenvalue weighted by molar-refractivity contribution is 14.1. The summed E-state index contributed by atoms with van der Waals surface area (Å²) in [6.07, 6.45) is 0. The van der Waals surface area contributed by atoms with Crippen molar-refractivity contribution < 1.29 is 0 Å². The van der Waals surface area contributed by atoms with E-state index in [2.05, 4.69) is 76.2 Å². The molecule has 3 aromatic rings. The maximum Gasteiger partial charge on any atom is 0.0706 e. The van der Waals surface area contributed by atoms with Crippen molar-refractivity contribution in [2.24, 2.45) is 0 Å². The van der Waals surface area contributed by atoms with E-state index < -0.39 is 0 Å². The molecule has 0 unspecified atom stereocenters.